The van der Waals surface area contributed by atoms with Gasteiger partial charge in [-0.3, -0.25) is 10.1 Å². The average molecular weight is 383 g/mol. The first-order chi connectivity index (χ1) is 13.0. The van der Waals surface area contributed by atoms with Gasteiger partial charge in [-0.05, 0) is 37.0 Å². The number of halogens is 2. The molecule has 3 unspecified atom stereocenters. The minimum Gasteiger partial charge on any atom is -0.466 e. The molecule has 1 aromatic rings. The molecule has 0 spiro atoms. The van der Waals surface area contributed by atoms with Gasteiger partial charge >= 0.3 is 5.97 Å². The second kappa shape index (κ2) is 8.95. The van der Waals surface area contributed by atoms with Crippen LogP contribution in [0.25, 0.3) is 0 Å². The summed E-state index contributed by atoms with van der Waals surface area (Å²) < 4.78 is 39.7. The van der Waals surface area contributed by atoms with Crippen LogP contribution in [0.15, 0.2) is 12.1 Å². The van der Waals surface area contributed by atoms with Crippen LogP contribution in [0, 0.1) is 17.6 Å². The molecule has 2 N–H and O–H groups in total. The highest BCUT2D eigenvalue weighted by Crippen LogP contribution is 2.32. The predicted octanol–water partition coefficient (Wildman–Crippen LogP) is 1.95. The number of esters is 1. The second-order valence-electron chi connectivity index (χ2n) is 7.04. The minimum atomic E-state index is -0.580. The third-order valence-electron chi connectivity index (χ3n) is 5.15. The molecule has 0 aromatic heterocycles. The van der Waals surface area contributed by atoms with Crippen molar-refractivity contribution < 1.29 is 23.0 Å². The van der Waals surface area contributed by atoms with Gasteiger partial charge in [0, 0.05) is 39.3 Å². The van der Waals surface area contributed by atoms with Crippen LogP contribution in [-0.4, -0.2) is 52.1 Å². The molecule has 2 fully saturated rings. The van der Waals surface area contributed by atoms with Gasteiger partial charge in [0.25, 0.3) is 0 Å². The molecule has 2 aliphatic heterocycles. The number of benzene rings is 1. The number of hydrogen-bond acceptors (Lipinski definition) is 6. The Hall–Kier alpha value is -1.77. The summed E-state index contributed by atoms with van der Waals surface area (Å²) in [6.45, 7) is 4.28. The highest BCUT2D eigenvalue weighted by Gasteiger charge is 2.30. The zero-order valence-electron chi connectivity index (χ0n) is 15.8. The molecule has 3 atom stereocenters. The van der Waals surface area contributed by atoms with E-state index in [-0.39, 0.29) is 36.3 Å². The molecule has 0 amide bonds. The SMILES string of the molecule is CCOC(=O)CC1CCN(c2c(F)cc(C3CNCC(OC)N3)cc2F)C1. The van der Waals surface area contributed by atoms with Crippen LogP contribution < -0.4 is 15.5 Å². The largest absolute Gasteiger partial charge is 0.466 e. The van der Waals surface area contributed by atoms with E-state index in [1.165, 1.54) is 12.1 Å². The Morgan fingerprint density at radius 1 is 1.30 bits per heavy atom. The number of carbonyl (C=O) groups is 1. The van der Waals surface area contributed by atoms with E-state index in [9.17, 15) is 13.6 Å². The number of anilines is 1. The third-order valence-corrected chi connectivity index (χ3v) is 5.15. The van der Waals surface area contributed by atoms with Gasteiger partial charge in [0.1, 0.15) is 23.5 Å². The van der Waals surface area contributed by atoms with Crippen molar-refractivity contribution in [2.45, 2.75) is 32.0 Å². The topological polar surface area (TPSA) is 62.8 Å². The van der Waals surface area contributed by atoms with Crippen LogP contribution in [0.1, 0.15) is 31.4 Å². The molecule has 0 radical (unpaired) electrons. The summed E-state index contributed by atoms with van der Waals surface area (Å²) >= 11 is 0. The van der Waals surface area contributed by atoms with E-state index in [2.05, 4.69) is 10.6 Å². The van der Waals surface area contributed by atoms with E-state index >= 15 is 0 Å². The lowest BCUT2D eigenvalue weighted by Crippen LogP contribution is -2.51. The van der Waals surface area contributed by atoms with Crippen LogP contribution >= 0.6 is 0 Å². The van der Waals surface area contributed by atoms with Crippen LogP contribution in [-0.2, 0) is 14.3 Å². The maximum Gasteiger partial charge on any atom is 0.306 e. The van der Waals surface area contributed by atoms with Crippen molar-refractivity contribution in [2.24, 2.45) is 5.92 Å². The van der Waals surface area contributed by atoms with Gasteiger partial charge in [0.2, 0.25) is 0 Å². The summed E-state index contributed by atoms with van der Waals surface area (Å²) in [5, 5.41) is 6.41. The molecule has 3 rings (SSSR count). The molecule has 8 heteroatoms. The Kier molecular flexibility index (Phi) is 6.62. The molecular formula is C19H27F2N3O3. The Morgan fingerprint density at radius 3 is 2.70 bits per heavy atom. The van der Waals surface area contributed by atoms with Crippen molar-refractivity contribution in [3.05, 3.63) is 29.3 Å². The van der Waals surface area contributed by atoms with Gasteiger partial charge in [0.05, 0.1) is 13.0 Å². The van der Waals surface area contributed by atoms with Crippen molar-refractivity contribution in [3.63, 3.8) is 0 Å². The van der Waals surface area contributed by atoms with E-state index in [4.69, 9.17) is 9.47 Å². The zero-order chi connectivity index (χ0) is 19.4. The van der Waals surface area contributed by atoms with Crippen LogP contribution in [0.5, 0.6) is 0 Å². The van der Waals surface area contributed by atoms with Crippen LogP contribution in [0.2, 0.25) is 0 Å². The predicted molar refractivity (Wildman–Crippen MR) is 97.5 cm³/mol. The van der Waals surface area contributed by atoms with E-state index in [0.29, 0.717) is 44.8 Å². The molecule has 6 nitrogen and oxygen atoms in total. The number of nitrogens with one attached hydrogen (secondary N) is 2. The lowest BCUT2D eigenvalue weighted by atomic mass is 10.0. The molecule has 0 bridgehead atoms. The van der Waals surface area contributed by atoms with Gasteiger partial charge in [-0.2, -0.15) is 0 Å². The third kappa shape index (κ3) is 4.75. The molecule has 150 valence electrons. The first-order valence-corrected chi connectivity index (χ1v) is 9.40. The number of nitrogens with zero attached hydrogens (tertiary/aromatic N) is 1. The monoisotopic (exact) mass is 383 g/mol. The molecular weight excluding hydrogens is 356 g/mol. The van der Waals surface area contributed by atoms with Crippen molar-refractivity contribution in [3.8, 4) is 0 Å². The van der Waals surface area contributed by atoms with E-state index in [1.54, 1.807) is 18.9 Å². The van der Waals surface area contributed by atoms with Crippen molar-refractivity contribution in [2.75, 3.05) is 44.8 Å². The highest BCUT2D eigenvalue weighted by atomic mass is 19.1. The van der Waals surface area contributed by atoms with Gasteiger partial charge in [-0.15, -0.1) is 0 Å². The molecule has 27 heavy (non-hydrogen) atoms. The molecule has 1 aromatic carbocycles. The van der Waals surface area contributed by atoms with E-state index in [0.717, 1.165) is 0 Å². The van der Waals surface area contributed by atoms with Gasteiger partial charge < -0.3 is 19.7 Å². The Labute approximate surface area is 158 Å². The van der Waals surface area contributed by atoms with Gasteiger partial charge in [0.15, 0.2) is 0 Å². The fraction of sp³-hybridized carbons (Fsp3) is 0.632. The molecule has 0 aliphatic carbocycles. The number of piperazine rings is 1. The lowest BCUT2D eigenvalue weighted by Gasteiger charge is -2.31. The van der Waals surface area contributed by atoms with Gasteiger partial charge in [-0.1, -0.05) is 0 Å². The van der Waals surface area contributed by atoms with Crippen molar-refractivity contribution in [1.82, 2.24) is 10.6 Å². The van der Waals surface area contributed by atoms with Crippen molar-refractivity contribution in [1.29, 1.82) is 0 Å². The lowest BCUT2D eigenvalue weighted by molar-refractivity contribution is -0.144. The number of hydrogen-bond donors (Lipinski definition) is 2. The van der Waals surface area contributed by atoms with E-state index in [1.807, 2.05) is 0 Å². The summed E-state index contributed by atoms with van der Waals surface area (Å²) in [6.07, 6.45) is 0.793. The standard InChI is InChI=1S/C19H27F2N3O3/c1-3-27-18(25)6-12-4-5-24(11-12)19-14(20)7-13(8-15(19)21)16-9-22-10-17(23-16)26-2/h7-8,12,16-17,22-23H,3-6,9-11H2,1-2H3. The minimum absolute atomic E-state index is 0.0165. The van der Waals surface area contributed by atoms with E-state index < -0.39 is 11.6 Å². The van der Waals surface area contributed by atoms with Crippen LogP contribution in [0.3, 0.4) is 0 Å². The number of rotatable bonds is 6. The Bertz CT molecular complexity index is 651. The highest BCUT2D eigenvalue weighted by molar-refractivity contribution is 5.70. The summed E-state index contributed by atoms with van der Waals surface area (Å²) in [5.41, 5.74) is 0.530. The molecule has 2 saturated heterocycles. The fourth-order valence-electron chi connectivity index (χ4n) is 3.81. The second-order valence-corrected chi connectivity index (χ2v) is 7.04. The summed E-state index contributed by atoms with van der Waals surface area (Å²) in [4.78, 5) is 13.3. The maximum atomic E-state index is 14.8. The number of ether oxygens (including phenoxy) is 2. The fourth-order valence-corrected chi connectivity index (χ4v) is 3.81. The normalized spacial score (nSPS) is 25.6. The number of methoxy groups -OCH3 is 1. The average Bonchev–Trinajstić information content (AvgIpc) is 3.09. The Balaban J connectivity index is 1.69. The van der Waals surface area contributed by atoms with Crippen molar-refractivity contribution >= 4 is 11.7 Å². The summed E-state index contributed by atoms with van der Waals surface area (Å²) in [6, 6.07) is 2.54. The summed E-state index contributed by atoms with van der Waals surface area (Å²) in [5.74, 6) is -1.37. The molecule has 2 aliphatic rings. The molecule has 0 saturated carbocycles. The first kappa shape index (κ1) is 20.0. The zero-order valence-corrected chi connectivity index (χ0v) is 15.8. The quantitative estimate of drug-likeness (QED) is 0.733. The molecule has 2 heterocycles. The smallest absolute Gasteiger partial charge is 0.306 e. The first-order valence-electron chi connectivity index (χ1n) is 9.40. The van der Waals surface area contributed by atoms with Gasteiger partial charge in [-0.25, -0.2) is 8.78 Å². The Morgan fingerprint density at radius 2 is 2.04 bits per heavy atom. The summed E-state index contributed by atoms with van der Waals surface area (Å²) in [7, 11) is 1.59. The maximum absolute atomic E-state index is 14.8. The number of carbonyl (C=O) groups excluding carboxylic acids is 1. The van der Waals surface area contributed by atoms with Crippen LogP contribution in [0.4, 0.5) is 14.5 Å².